The minimum atomic E-state index is -4.76. The molecule has 1 N–H and O–H groups in total. The summed E-state index contributed by atoms with van der Waals surface area (Å²) in [5.74, 6) is -1.55. The number of nitrogens with one attached hydrogen (secondary N) is 1. The van der Waals surface area contributed by atoms with Crippen LogP contribution in [-0.2, 0) is 6.18 Å². The Morgan fingerprint density at radius 3 is 2.41 bits per heavy atom. The molecule has 0 aromatic heterocycles. The van der Waals surface area contributed by atoms with E-state index in [2.05, 4.69) is 10.2 Å². The highest BCUT2D eigenvalue weighted by Gasteiger charge is 2.36. The van der Waals surface area contributed by atoms with Crippen molar-refractivity contribution in [3.8, 4) is 0 Å². The highest BCUT2D eigenvalue weighted by atomic mass is 19.4. The molecule has 2 bridgehead atoms. The van der Waals surface area contributed by atoms with Gasteiger partial charge in [0.25, 0.3) is 5.91 Å². The molecule has 0 aliphatic carbocycles. The van der Waals surface area contributed by atoms with E-state index in [4.69, 9.17) is 0 Å². The minimum Gasteiger partial charge on any atom is -0.348 e. The number of hydrogen-bond acceptors (Lipinski definition) is 2. The van der Waals surface area contributed by atoms with Gasteiger partial charge in [0, 0.05) is 18.2 Å². The summed E-state index contributed by atoms with van der Waals surface area (Å²) in [5.41, 5.74) is -1.44. The summed E-state index contributed by atoms with van der Waals surface area (Å²) in [6.45, 7) is 2.79. The zero-order valence-electron chi connectivity index (χ0n) is 11.8. The number of piperidine rings is 3. The first-order valence-electron chi connectivity index (χ1n) is 7.24. The van der Waals surface area contributed by atoms with Gasteiger partial charge in [-0.3, -0.25) is 4.79 Å². The van der Waals surface area contributed by atoms with Crippen molar-refractivity contribution in [2.45, 2.75) is 25.1 Å². The van der Waals surface area contributed by atoms with E-state index in [0.717, 1.165) is 38.5 Å². The summed E-state index contributed by atoms with van der Waals surface area (Å²) < 4.78 is 51.1. The van der Waals surface area contributed by atoms with E-state index in [9.17, 15) is 22.4 Å². The van der Waals surface area contributed by atoms with E-state index in [1.54, 1.807) is 0 Å². The maximum atomic E-state index is 13.5. The molecule has 120 valence electrons. The predicted octanol–water partition coefficient (Wildman–Crippen LogP) is 2.67. The van der Waals surface area contributed by atoms with Gasteiger partial charge in [-0.2, -0.15) is 13.2 Å². The number of fused-ring (bicyclic) bond motifs is 3. The predicted molar refractivity (Wildman–Crippen MR) is 71.8 cm³/mol. The zero-order valence-corrected chi connectivity index (χ0v) is 11.8. The third-order valence-electron chi connectivity index (χ3n) is 4.51. The fourth-order valence-corrected chi connectivity index (χ4v) is 3.27. The molecule has 3 aliphatic rings. The van der Waals surface area contributed by atoms with E-state index in [1.165, 1.54) is 0 Å². The number of benzene rings is 1. The van der Waals surface area contributed by atoms with Crippen molar-refractivity contribution in [3.63, 3.8) is 0 Å². The van der Waals surface area contributed by atoms with Gasteiger partial charge in [-0.1, -0.05) is 0 Å². The van der Waals surface area contributed by atoms with Crippen LogP contribution in [0.4, 0.5) is 17.6 Å². The van der Waals surface area contributed by atoms with Crippen LogP contribution < -0.4 is 5.32 Å². The van der Waals surface area contributed by atoms with E-state index in [-0.39, 0.29) is 11.6 Å². The molecule has 7 heteroatoms. The Balaban J connectivity index is 1.71. The van der Waals surface area contributed by atoms with Crippen LogP contribution in [0, 0.1) is 11.7 Å². The molecule has 0 spiro atoms. The van der Waals surface area contributed by atoms with E-state index in [1.807, 2.05) is 0 Å². The summed E-state index contributed by atoms with van der Waals surface area (Å²) in [4.78, 5) is 14.4. The largest absolute Gasteiger partial charge is 0.419 e. The molecule has 3 saturated heterocycles. The second-order valence-electron chi connectivity index (χ2n) is 5.91. The summed E-state index contributed by atoms with van der Waals surface area (Å²) in [6, 6.07) is 2.27. The lowest BCUT2D eigenvalue weighted by Crippen LogP contribution is -2.57. The second-order valence-corrected chi connectivity index (χ2v) is 5.91. The van der Waals surface area contributed by atoms with Gasteiger partial charge in [0.15, 0.2) is 0 Å². The van der Waals surface area contributed by atoms with Gasteiger partial charge in [0.1, 0.15) is 5.82 Å². The van der Waals surface area contributed by atoms with Crippen molar-refractivity contribution in [1.82, 2.24) is 10.2 Å². The van der Waals surface area contributed by atoms with Gasteiger partial charge in [-0.15, -0.1) is 0 Å². The standard InChI is InChI=1S/C15H16F4N2O/c16-12-7-10(1-2-11(12)15(17,18)19)14(22)20-13-8-21-5-3-9(13)4-6-21/h1-2,7,9,13H,3-6,8H2,(H,20,22)/t13-/m1/s1. The molecule has 0 unspecified atom stereocenters. The number of nitrogens with zero attached hydrogens (tertiary/aromatic N) is 1. The van der Waals surface area contributed by atoms with Crippen LogP contribution in [0.3, 0.4) is 0 Å². The van der Waals surface area contributed by atoms with Crippen LogP contribution in [-0.4, -0.2) is 36.5 Å². The Bertz CT molecular complexity index is 579. The van der Waals surface area contributed by atoms with E-state index < -0.39 is 23.5 Å². The van der Waals surface area contributed by atoms with Crippen molar-refractivity contribution < 1.29 is 22.4 Å². The van der Waals surface area contributed by atoms with Gasteiger partial charge >= 0.3 is 6.18 Å². The van der Waals surface area contributed by atoms with Gasteiger partial charge in [-0.25, -0.2) is 4.39 Å². The Kier molecular flexibility index (Phi) is 3.84. The maximum absolute atomic E-state index is 13.5. The lowest BCUT2D eigenvalue weighted by atomic mass is 9.84. The molecule has 3 aliphatic heterocycles. The number of amides is 1. The number of alkyl halides is 3. The molecule has 1 aromatic rings. The Hall–Kier alpha value is -1.63. The van der Waals surface area contributed by atoms with Crippen molar-refractivity contribution in [1.29, 1.82) is 0 Å². The highest BCUT2D eigenvalue weighted by molar-refractivity contribution is 5.94. The molecule has 1 amide bonds. The summed E-state index contributed by atoms with van der Waals surface area (Å²) in [6.07, 6.45) is -2.74. The third kappa shape index (κ3) is 2.95. The molecule has 22 heavy (non-hydrogen) atoms. The molecule has 3 fully saturated rings. The molecule has 3 nitrogen and oxygen atoms in total. The third-order valence-corrected chi connectivity index (χ3v) is 4.51. The van der Waals surface area contributed by atoms with Crippen LogP contribution in [0.1, 0.15) is 28.8 Å². The second kappa shape index (κ2) is 5.53. The molecule has 4 rings (SSSR count). The van der Waals surface area contributed by atoms with E-state index in [0.29, 0.717) is 18.1 Å². The van der Waals surface area contributed by atoms with Crippen molar-refractivity contribution in [2.24, 2.45) is 5.92 Å². The maximum Gasteiger partial charge on any atom is 0.419 e. The molecule has 1 aromatic carbocycles. The molecule has 0 saturated carbocycles. The Morgan fingerprint density at radius 1 is 1.23 bits per heavy atom. The number of halogens is 4. The van der Waals surface area contributed by atoms with Gasteiger partial charge in [-0.05, 0) is 50.0 Å². The molecular formula is C15H16F4N2O. The van der Waals surface area contributed by atoms with Gasteiger partial charge in [0.2, 0.25) is 0 Å². The number of carbonyl (C=O) groups excluding carboxylic acids is 1. The van der Waals surface area contributed by atoms with Crippen molar-refractivity contribution in [2.75, 3.05) is 19.6 Å². The van der Waals surface area contributed by atoms with Crippen LogP contribution in [0.25, 0.3) is 0 Å². The number of hydrogen-bond donors (Lipinski definition) is 1. The molecular weight excluding hydrogens is 300 g/mol. The van der Waals surface area contributed by atoms with Gasteiger partial charge < -0.3 is 10.2 Å². The van der Waals surface area contributed by atoms with Crippen LogP contribution in [0.2, 0.25) is 0 Å². The van der Waals surface area contributed by atoms with Crippen LogP contribution >= 0.6 is 0 Å². The first kappa shape index (κ1) is 15.3. The molecule has 3 heterocycles. The monoisotopic (exact) mass is 316 g/mol. The summed E-state index contributed by atoms with van der Waals surface area (Å²) >= 11 is 0. The normalized spacial score (nSPS) is 27.7. The fraction of sp³-hybridized carbons (Fsp3) is 0.533. The lowest BCUT2D eigenvalue weighted by molar-refractivity contribution is -0.140. The Labute approximate surface area is 125 Å². The fourth-order valence-electron chi connectivity index (χ4n) is 3.27. The first-order chi connectivity index (χ1) is 10.3. The SMILES string of the molecule is O=C(N[C@@H]1CN2CCC1CC2)c1ccc(C(F)(F)F)c(F)c1. The number of carbonyl (C=O) groups is 1. The summed E-state index contributed by atoms with van der Waals surface area (Å²) in [5, 5.41) is 2.82. The van der Waals surface area contributed by atoms with Gasteiger partial charge in [0.05, 0.1) is 5.56 Å². The van der Waals surface area contributed by atoms with E-state index >= 15 is 0 Å². The molecule has 0 radical (unpaired) electrons. The first-order valence-corrected chi connectivity index (χ1v) is 7.24. The minimum absolute atomic E-state index is 0.0136. The molecule has 1 atom stereocenters. The topological polar surface area (TPSA) is 32.3 Å². The lowest BCUT2D eigenvalue weighted by Gasteiger charge is -2.44. The average Bonchev–Trinajstić information content (AvgIpc) is 2.47. The zero-order chi connectivity index (χ0) is 15.9. The summed E-state index contributed by atoms with van der Waals surface area (Å²) in [7, 11) is 0. The average molecular weight is 316 g/mol. The number of rotatable bonds is 2. The van der Waals surface area contributed by atoms with Crippen LogP contribution in [0.5, 0.6) is 0 Å². The highest BCUT2D eigenvalue weighted by Crippen LogP contribution is 2.32. The van der Waals surface area contributed by atoms with Crippen LogP contribution in [0.15, 0.2) is 18.2 Å². The smallest absolute Gasteiger partial charge is 0.348 e. The van der Waals surface area contributed by atoms with Crippen molar-refractivity contribution in [3.05, 3.63) is 35.1 Å². The Morgan fingerprint density at radius 2 is 1.91 bits per heavy atom. The van der Waals surface area contributed by atoms with Crippen molar-refractivity contribution >= 4 is 5.91 Å². The quantitative estimate of drug-likeness (QED) is 0.851.